The molecule has 6 N–H and O–H groups in total. The summed E-state index contributed by atoms with van der Waals surface area (Å²) in [7, 11) is 0. The quantitative estimate of drug-likeness (QED) is 0.222. The average Bonchev–Trinajstić information content (AvgIpc) is 2.33. The van der Waals surface area contributed by atoms with Crippen LogP contribution >= 0.6 is 0 Å². The molecular formula is C11H22N4O2. The van der Waals surface area contributed by atoms with Crippen molar-refractivity contribution in [3.8, 4) is 0 Å². The number of amides is 2. The number of allylic oxidation sites excluding steroid dienone is 1. The molecule has 6 nitrogen and oxygen atoms in total. The highest BCUT2D eigenvalue weighted by Gasteiger charge is 2.11. The molecule has 0 atom stereocenters. The van der Waals surface area contributed by atoms with Gasteiger partial charge in [0.25, 0.3) is 5.91 Å². The van der Waals surface area contributed by atoms with Crippen molar-refractivity contribution in [2.45, 2.75) is 46.0 Å². The molecule has 0 rings (SSSR count). The summed E-state index contributed by atoms with van der Waals surface area (Å²) in [6.45, 7) is 3.96. The first-order valence-corrected chi connectivity index (χ1v) is 5.75. The van der Waals surface area contributed by atoms with E-state index in [1.807, 2.05) is 13.8 Å². The number of nitrogens with one attached hydrogen (secondary N) is 2. The summed E-state index contributed by atoms with van der Waals surface area (Å²) in [6, 6.07) is 0. The van der Waals surface area contributed by atoms with Gasteiger partial charge in [0.1, 0.15) is 0 Å². The van der Waals surface area contributed by atoms with E-state index in [0.29, 0.717) is 24.8 Å². The predicted octanol–water partition coefficient (Wildman–Crippen LogP) is 0.253. The lowest BCUT2D eigenvalue weighted by Gasteiger charge is -2.10. The Labute approximate surface area is 102 Å². The van der Waals surface area contributed by atoms with Crippen molar-refractivity contribution in [1.29, 1.82) is 0 Å². The first-order chi connectivity index (χ1) is 8.06. The second-order valence-corrected chi connectivity index (χ2v) is 3.90. The fourth-order valence-electron chi connectivity index (χ4n) is 1.63. The number of nitrogens with two attached hydrogens (primary N) is 2. The third-order valence-corrected chi connectivity index (χ3v) is 2.54. The molecule has 0 aliphatic carbocycles. The van der Waals surface area contributed by atoms with Crippen molar-refractivity contribution in [2.75, 3.05) is 0 Å². The minimum atomic E-state index is -0.274. The van der Waals surface area contributed by atoms with E-state index < -0.39 is 0 Å². The number of hydrazine groups is 2. The Balaban J connectivity index is 4.46. The van der Waals surface area contributed by atoms with E-state index in [1.165, 1.54) is 0 Å². The summed E-state index contributed by atoms with van der Waals surface area (Å²) in [5.41, 5.74) is 5.87. The van der Waals surface area contributed by atoms with Crippen LogP contribution in [-0.4, -0.2) is 11.8 Å². The third kappa shape index (κ3) is 6.03. The van der Waals surface area contributed by atoms with Gasteiger partial charge in [-0.05, 0) is 26.2 Å². The highest BCUT2D eigenvalue weighted by atomic mass is 16.2. The van der Waals surface area contributed by atoms with Gasteiger partial charge in [0.15, 0.2) is 0 Å². The maximum Gasteiger partial charge on any atom is 0.261 e. The molecule has 0 unspecified atom stereocenters. The highest BCUT2D eigenvalue weighted by molar-refractivity contribution is 5.93. The van der Waals surface area contributed by atoms with Gasteiger partial charge in [0.05, 0.1) is 0 Å². The Hall–Kier alpha value is -1.40. The Morgan fingerprint density at radius 1 is 1.06 bits per heavy atom. The summed E-state index contributed by atoms with van der Waals surface area (Å²) in [4.78, 5) is 22.5. The summed E-state index contributed by atoms with van der Waals surface area (Å²) in [5, 5.41) is 0. The van der Waals surface area contributed by atoms with Crippen LogP contribution in [0.3, 0.4) is 0 Å². The van der Waals surface area contributed by atoms with Crippen molar-refractivity contribution in [1.82, 2.24) is 10.9 Å². The molecule has 0 fully saturated rings. The van der Waals surface area contributed by atoms with Crippen molar-refractivity contribution < 1.29 is 9.59 Å². The van der Waals surface area contributed by atoms with E-state index in [-0.39, 0.29) is 11.8 Å². The number of rotatable bonds is 7. The Morgan fingerprint density at radius 2 is 1.71 bits per heavy atom. The van der Waals surface area contributed by atoms with Gasteiger partial charge < -0.3 is 0 Å². The standard InChI is InChI=1S/C11H22N4O2/c1-3-5-8(2)9(11(17)15-13)6-4-7-10(16)14-12/h3-7,12-13H2,1-2H3,(H,14,16)(H,15,17). The van der Waals surface area contributed by atoms with E-state index in [1.54, 1.807) is 0 Å². The zero-order chi connectivity index (χ0) is 13.3. The number of carbonyl (C=O) groups is 2. The van der Waals surface area contributed by atoms with Gasteiger partial charge in [0.2, 0.25) is 5.91 Å². The molecule has 0 aliphatic rings. The summed E-state index contributed by atoms with van der Waals surface area (Å²) in [5.74, 6) is 9.60. The smallest absolute Gasteiger partial charge is 0.261 e. The van der Waals surface area contributed by atoms with Gasteiger partial charge in [-0.15, -0.1) is 0 Å². The lowest BCUT2D eigenvalue weighted by molar-refractivity contribution is -0.121. The van der Waals surface area contributed by atoms with Crippen LogP contribution in [0.15, 0.2) is 11.1 Å². The molecule has 0 spiro atoms. The molecule has 2 amide bonds. The van der Waals surface area contributed by atoms with Crippen molar-refractivity contribution in [3.63, 3.8) is 0 Å². The van der Waals surface area contributed by atoms with Crippen LogP contribution in [0.4, 0.5) is 0 Å². The number of carbonyl (C=O) groups excluding carboxylic acids is 2. The lowest BCUT2D eigenvalue weighted by atomic mass is 9.99. The van der Waals surface area contributed by atoms with E-state index in [9.17, 15) is 9.59 Å². The molecule has 0 radical (unpaired) electrons. The zero-order valence-electron chi connectivity index (χ0n) is 10.5. The zero-order valence-corrected chi connectivity index (χ0v) is 10.5. The number of hydrogen-bond donors (Lipinski definition) is 4. The largest absolute Gasteiger partial charge is 0.294 e. The first kappa shape index (κ1) is 15.6. The molecule has 0 bridgehead atoms. The van der Waals surface area contributed by atoms with Crippen molar-refractivity contribution in [3.05, 3.63) is 11.1 Å². The highest BCUT2D eigenvalue weighted by Crippen LogP contribution is 2.16. The molecule has 6 heteroatoms. The maximum absolute atomic E-state index is 11.6. The maximum atomic E-state index is 11.6. The Morgan fingerprint density at radius 3 is 2.18 bits per heavy atom. The molecule has 17 heavy (non-hydrogen) atoms. The van der Waals surface area contributed by atoms with Gasteiger partial charge in [-0.25, -0.2) is 11.7 Å². The van der Waals surface area contributed by atoms with Gasteiger partial charge in [0, 0.05) is 12.0 Å². The minimum absolute atomic E-state index is 0.231. The second kappa shape index (κ2) is 8.72. The molecule has 0 aliphatic heterocycles. The van der Waals surface area contributed by atoms with Gasteiger partial charge >= 0.3 is 0 Å². The normalized spacial score (nSPS) is 11.8. The van der Waals surface area contributed by atoms with Crippen LogP contribution in [0.2, 0.25) is 0 Å². The monoisotopic (exact) mass is 242 g/mol. The third-order valence-electron chi connectivity index (χ3n) is 2.54. The summed E-state index contributed by atoms with van der Waals surface area (Å²) < 4.78 is 0. The Kier molecular flexibility index (Phi) is 8.00. The summed E-state index contributed by atoms with van der Waals surface area (Å²) in [6.07, 6.45) is 3.23. The van der Waals surface area contributed by atoms with E-state index in [4.69, 9.17) is 11.7 Å². The molecule has 0 aromatic rings. The molecule has 0 saturated heterocycles. The van der Waals surface area contributed by atoms with E-state index in [2.05, 4.69) is 10.9 Å². The molecule has 0 heterocycles. The average molecular weight is 242 g/mol. The van der Waals surface area contributed by atoms with Gasteiger partial charge in [-0.2, -0.15) is 0 Å². The Bertz CT molecular complexity index is 300. The lowest BCUT2D eigenvalue weighted by Crippen LogP contribution is -2.32. The van der Waals surface area contributed by atoms with Crippen LogP contribution in [0, 0.1) is 0 Å². The molecular weight excluding hydrogens is 220 g/mol. The molecule has 0 aromatic heterocycles. The van der Waals surface area contributed by atoms with Gasteiger partial charge in [-0.3, -0.25) is 20.4 Å². The van der Waals surface area contributed by atoms with Crippen LogP contribution in [0.1, 0.15) is 46.0 Å². The topological polar surface area (TPSA) is 110 Å². The molecule has 98 valence electrons. The predicted molar refractivity (Wildman–Crippen MR) is 66.1 cm³/mol. The summed E-state index contributed by atoms with van der Waals surface area (Å²) >= 11 is 0. The van der Waals surface area contributed by atoms with E-state index in [0.717, 1.165) is 18.4 Å². The minimum Gasteiger partial charge on any atom is -0.294 e. The van der Waals surface area contributed by atoms with E-state index >= 15 is 0 Å². The first-order valence-electron chi connectivity index (χ1n) is 5.75. The van der Waals surface area contributed by atoms with Crippen LogP contribution in [0.5, 0.6) is 0 Å². The van der Waals surface area contributed by atoms with Crippen LogP contribution < -0.4 is 22.5 Å². The SMILES string of the molecule is CCCC(C)=C(CCCC(=O)NN)C(=O)NN. The fraction of sp³-hybridized carbons (Fsp3) is 0.636. The molecule has 0 saturated carbocycles. The van der Waals surface area contributed by atoms with Gasteiger partial charge in [-0.1, -0.05) is 18.9 Å². The number of hydrogen-bond acceptors (Lipinski definition) is 4. The van der Waals surface area contributed by atoms with Crippen LogP contribution in [0.25, 0.3) is 0 Å². The van der Waals surface area contributed by atoms with Crippen molar-refractivity contribution >= 4 is 11.8 Å². The van der Waals surface area contributed by atoms with Crippen LogP contribution in [-0.2, 0) is 9.59 Å². The van der Waals surface area contributed by atoms with Crippen molar-refractivity contribution in [2.24, 2.45) is 11.7 Å². The molecule has 0 aromatic carbocycles. The second-order valence-electron chi connectivity index (χ2n) is 3.90. The fourth-order valence-corrected chi connectivity index (χ4v) is 1.63.